The maximum absolute atomic E-state index is 12.6. The lowest BCUT2D eigenvalue weighted by atomic mass is 9.89. The molecule has 0 amide bonds. The van der Waals surface area contributed by atoms with Crippen LogP contribution in [0.5, 0.6) is 0 Å². The molecule has 1 heterocycles. The highest BCUT2D eigenvalue weighted by atomic mass is 16.5. The van der Waals surface area contributed by atoms with Gasteiger partial charge in [0.15, 0.2) is 12.3 Å². The zero-order valence-electron chi connectivity index (χ0n) is 13.1. The minimum atomic E-state index is -0.716. The van der Waals surface area contributed by atoms with Gasteiger partial charge in [-0.3, -0.25) is 0 Å². The largest absolute Gasteiger partial charge is 0.623 e. The highest BCUT2D eigenvalue weighted by molar-refractivity contribution is 5.75. The van der Waals surface area contributed by atoms with Gasteiger partial charge in [0.05, 0.1) is 18.6 Å². The predicted molar refractivity (Wildman–Crippen MR) is 89.3 cm³/mol. The van der Waals surface area contributed by atoms with Crippen LogP contribution in [0, 0.1) is 11.1 Å². The molecule has 0 saturated carbocycles. The number of hydroxylamine groups is 1. The molecule has 0 spiro atoms. The monoisotopic (exact) mass is 311 g/mol. The maximum atomic E-state index is 12.6. The van der Waals surface area contributed by atoms with Crippen molar-refractivity contribution in [3.05, 3.63) is 77.0 Å². The Morgan fingerprint density at radius 1 is 1.13 bits per heavy atom. The Morgan fingerprint density at radius 3 is 2.39 bits per heavy atom. The summed E-state index contributed by atoms with van der Waals surface area (Å²) in [6, 6.07) is 18.5. The van der Waals surface area contributed by atoms with Crippen molar-refractivity contribution in [2.45, 2.75) is 25.2 Å². The van der Waals surface area contributed by atoms with Crippen LogP contribution in [-0.2, 0) is 4.74 Å². The van der Waals surface area contributed by atoms with Crippen LogP contribution < -0.4 is 0 Å². The van der Waals surface area contributed by atoms with E-state index in [2.05, 4.69) is 0 Å². The summed E-state index contributed by atoms with van der Waals surface area (Å²) >= 11 is 0. The molecule has 3 rings (SSSR count). The van der Waals surface area contributed by atoms with E-state index in [0.717, 1.165) is 15.9 Å². The van der Waals surface area contributed by atoms with Crippen molar-refractivity contribution in [1.82, 2.24) is 0 Å². The van der Waals surface area contributed by atoms with Crippen LogP contribution in [0.3, 0.4) is 0 Å². The van der Waals surface area contributed by atoms with E-state index in [1.165, 1.54) is 0 Å². The predicted octanol–water partition coefficient (Wildman–Crippen LogP) is 2.75. The van der Waals surface area contributed by atoms with Gasteiger partial charge in [0.25, 0.3) is 0 Å². The smallest absolute Gasteiger partial charge is 0.196 e. The van der Waals surface area contributed by atoms with Gasteiger partial charge in [-0.25, -0.2) is 4.74 Å². The van der Waals surface area contributed by atoms with Crippen molar-refractivity contribution in [3.63, 3.8) is 0 Å². The van der Waals surface area contributed by atoms with Crippen LogP contribution in [0.25, 0.3) is 0 Å². The van der Waals surface area contributed by atoms with Crippen molar-refractivity contribution in [3.8, 4) is 0 Å². The van der Waals surface area contributed by atoms with Crippen molar-refractivity contribution >= 4 is 6.21 Å². The van der Waals surface area contributed by atoms with E-state index in [1.54, 1.807) is 6.21 Å². The number of hydrogen-bond donors (Lipinski definition) is 1. The van der Waals surface area contributed by atoms with Crippen molar-refractivity contribution in [1.29, 1.82) is 0 Å². The summed E-state index contributed by atoms with van der Waals surface area (Å²) in [6.07, 6.45) is 0.628. The summed E-state index contributed by atoms with van der Waals surface area (Å²) in [7, 11) is 0. The molecule has 4 heteroatoms. The summed E-state index contributed by atoms with van der Waals surface area (Å²) in [5, 5.41) is 23.3. The van der Waals surface area contributed by atoms with Crippen LogP contribution in [0.4, 0.5) is 0 Å². The summed E-state index contributed by atoms with van der Waals surface area (Å²) in [5.41, 5.74) is 1.66. The Kier molecular flexibility index (Phi) is 4.74. The molecule has 0 unspecified atom stereocenters. The van der Waals surface area contributed by atoms with Gasteiger partial charge in [0, 0.05) is 5.56 Å². The molecule has 4 nitrogen and oxygen atoms in total. The molecule has 1 aliphatic heterocycles. The van der Waals surface area contributed by atoms with E-state index < -0.39 is 12.1 Å². The minimum Gasteiger partial charge on any atom is -0.623 e. The van der Waals surface area contributed by atoms with Crippen molar-refractivity contribution < 1.29 is 14.6 Å². The molecule has 2 aromatic rings. The summed E-state index contributed by atoms with van der Waals surface area (Å²) in [5.74, 6) is -0.259. The lowest BCUT2D eigenvalue weighted by Crippen LogP contribution is -2.37. The Hall–Kier alpha value is -2.17. The number of benzene rings is 2. The highest BCUT2D eigenvalue weighted by Gasteiger charge is 2.45. The molecule has 1 fully saturated rings. The zero-order chi connectivity index (χ0) is 16.2. The first-order valence-corrected chi connectivity index (χ1v) is 7.87. The molecule has 1 N–H and O–H groups in total. The molecule has 0 aromatic heterocycles. The van der Waals surface area contributed by atoms with Gasteiger partial charge in [-0.1, -0.05) is 48.5 Å². The average Bonchev–Trinajstić information content (AvgIpc) is 2.97. The summed E-state index contributed by atoms with van der Waals surface area (Å²) in [6.45, 7) is 2.26. The Balaban J connectivity index is 1.85. The Labute approximate surface area is 136 Å². The van der Waals surface area contributed by atoms with E-state index in [4.69, 9.17) is 4.74 Å². The second-order valence-corrected chi connectivity index (χ2v) is 5.95. The molecular weight excluding hydrogens is 290 g/mol. The molecule has 1 saturated heterocycles. The number of ether oxygens (including phenoxy) is 1. The Morgan fingerprint density at radius 2 is 1.74 bits per heavy atom. The van der Waals surface area contributed by atoms with Gasteiger partial charge in [0.2, 0.25) is 0 Å². The zero-order valence-corrected chi connectivity index (χ0v) is 13.1. The SMILES string of the molecule is C[C@@H]1OC[C@@H]([C@@H](O)c2ccccc2)[C@H]1/[N+]([O-])=C/c1ccccc1. The fraction of sp³-hybridized carbons (Fsp3) is 0.316. The van der Waals surface area contributed by atoms with Gasteiger partial charge in [-0.05, 0) is 24.6 Å². The Bertz CT molecular complexity index is 657. The van der Waals surface area contributed by atoms with Crippen LogP contribution in [0.2, 0.25) is 0 Å². The van der Waals surface area contributed by atoms with Crippen LogP contribution in [0.1, 0.15) is 24.2 Å². The summed E-state index contributed by atoms with van der Waals surface area (Å²) in [4.78, 5) is 0. The number of hydrogen-bond acceptors (Lipinski definition) is 3. The average molecular weight is 311 g/mol. The molecule has 23 heavy (non-hydrogen) atoms. The van der Waals surface area contributed by atoms with Gasteiger partial charge >= 0.3 is 0 Å². The molecule has 0 aliphatic carbocycles. The molecule has 0 bridgehead atoms. The van der Waals surface area contributed by atoms with Gasteiger partial charge in [-0.15, -0.1) is 0 Å². The molecule has 4 atom stereocenters. The number of rotatable bonds is 4. The van der Waals surface area contributed by atoms with Gasteiger partial charge in [0.1, 0.15) is 6.10 Å². The maximum Gasteiger partial charge on any atom is 0.196 e. The van der Waals surface area contributed by atoms with Crippen LogP contribution in [-0.4, -0.2) is 34.8 Å². The first kappa shape index (κ1) is 15.7. The van der Waals surface area contributed by atoms with Gasteiger partial charge in [-0.2, -0.15) is 0 Å². The quantitative estimate of drug-likeness (QED) is 0.409. The topological polar surface area (TPSA) is 55.5 Å². The van der Waals surface area contributed by atoms with E-state index in [9.17, 15) is 10.3 Å². The lowest BCUT2D eigenvalue weighted by molar-refractivity contribution is -0.511. The lowest BCUT2D eigenvalue weighted by Gasteiger charge is -2.24. The second kappa shape index (κ2) is 6.94. The van der Waals surface area contributed by atoms with Crippen LogP contribution in [0.15, 0.2) is 60.7 Å². The van der Waals surface area contributed by atoms with E-state index in [0.29, 0.717) is 6.61 Å². The highest BCUT2D eigenvalue weighted by Crippen LogP contribution is 2.33. The first-order chi connectivity index (χ1) is 11.2. The molecule has 120 valence electrons. The van der Waals surface area contributed by atoms with E-state index in [1.807, 2.05) is 67.6 Å². The van der Waals surface area contributed by atoms with E-state index in [-0.39, 0.29) is 12.0 Å². The fourth-order valence-electron chi connectivity index (χ4n) is 3.15. The second-order valence-electron chi connectivity index (χ2n) is 5.95. The molecular formula is C19H21NO3. The van der Waals surface area contributed by atoms with E-state index >= 15 is 0 Å². The third kappa shape index (κ3) is 3.44. The molecule has 1 aliphatic rings. The third-order valence-corrected chi connectivity index (χ3v) is 4.39. The van der Waals surface area contributed by atoms with Crippen molar-refractivity contribution in [2.75, 3.05) is 6.61 Å². The number of aliphatic hydroxyl groups is 1. The number of aliphatic hydroxyl groups excluding tert-OH is 1. The van der Waals surface area contributed by atoms with Gasteiger partial charge < -0.3 is 15.1 Å². The minimum absolute atomic E-state index is 0.226. The van der Waals surface area contributed by atoms with Crippen LogP contribution >= 0.6 is 0 Å². The first-order valence-electron chi connectivity index (χ1n) is 7.87. The standard InChI is InChI=1S/C19H21NO3/c1-14-18(20(22)12-15-8-4-2-5-9-15)17(13-23-14)19(21)16-10-6-3-7-11-16/h2-12,14,17-19,21H,13H2,1H3/b20-12-/t14-,17+,18-,19-/m0/s1. The molecule has 0 radical (unpaired) electrons. The number of nitrogens with zero attached hydrogens (tertiary/aromatic N) is 1. The summed E-state index contributed by atoms with van der Waals surface area (Å²) < 4.78 is 6.59. The normalized spacial score (nSPS) is 26.2. The third-order valence-electron chi connectivity index (χ3n) is 4.39. The molecule has 2 aromatic carbocycles. The fourth-order valence-corrected chi connectivity index (χ4v) is 3.15. The van der Waals surface area contributed by atoms with Crippen molar-refractivity contribution in [2.24, 2.45) is 5.92 Å².